The van der Waals surface area contributed by atoms with Crippen LogP contribution in [-0.4, -0.2) is 9.55 Å². The number of H-pyrrole nitrogens is 1. The Morgan fingerprint density at radius 3 is 2.21 bits per heavy atom. The molecule has 2 nitrogen and oxygen atoms in total. The lowest BCUT2D eigenvalue weighted by Crippen LogP contribution is -2.40. The van der Waals surface area contributed by atoms with Crippen LogP contribution in [-0.2, 0) is 17.3 Å². The van der Waals surface area contributed by atoms with Crippen LogP contribution < -0.4 is 0 Å². The Balaban J connectivity index is 1.11. The number of nitrogens with zero attached hydrogens (tertiary/aromatic N) is 1. The molecule has 1 unspecified atom stereocenters. The zero-order valence-electron chi connectivity index (χ0n) is 28.1. The second-order valence-electron chi connectivity index (χ2n) is 15.3. The van der Waals surface area contributed by atoms with Gasteiger partial charge in [0.05, 0.1) is 5.52 Å². The van der Waals surface area contributed by atoms with Crippen LogP contribution in [0.2, 0.25) is 0 Å². The molecule has 0 bridgehead atoms. The monoisotopic (exact) mass is 610 g/mol. The van der Waals surface area contributed by atoms with Crippen molar-refractivity contribution in [2.45, 2.75) is 64.7 Å². The summed E-state index contributed by atoms with van der Waals surface area (Å²) in [5, 5.41) is 3.91. The smallest absolute Gasteiger partial charge is 0.0558 e. The molecule has 2 aliphatic carbocycles. The van der Waals surface area contributed by atoms with E-state index in [1.165, 1.54) is 89.5 Å². The topological polar surface area (TPSA) is 20.7 Å². The number of nitrogens with one attached hydrogen (secondary N) is 1. The maximum Gasteiger partial charge on any atom is 0.0558 e. The van der Waals surface area contributed by atoms with Crippen molar-refractivity contribution in [1.82, 2.24) is 9.55 Å². The normalized spacial score (nSPS) is 18.1. The molecule has 0 saturated carbocycles. The van der Waals surface area contributed by atoms with E-state index in [9.17, 15) is 0 Å². The summed E-state index contributed by atoms with van der Waals surface area (Å²) >= 11 is 0. The average molecular weight is 611 g/mol. The Morgan fingerprint density at radius 2 is 1.40 bits per heavy atom. The van der Waals surface area contributed by atoms with Crippen LogP contribution in [0.4, 0.5) is 0 Å². The van der Waals surface area contributed by atoms with Crippen molar-refractivity contribution in [3.63, 3.8) is 0 Å². The second-order valence-corrected chi connectivity index (χ2v) is 15.3. The molecular formula is C45H42N2. The van der Waals surface area contributed by atoms with Crippen molar-refractivity contribution in [2.24, 2.45) is 5.92 Å². The van der Waals surface area contributed by atoms with Gasteiger partial charge in [-0.15, -0.1) is 0 Å². The Hall–Kier alpha value is -4.82. The summed E-state index contributed by atoms with van der Waals surface area (Å²) in [6, 6.07) is 38.9. The number of benzene rings is 5. The molecule has 1 N–H and O–H groups in total. The number of fused-ring (bicyclic) bond motifs is 7. The lowest BCUT2D eigenvalue weighted by atomic mass is 9.58. The fraction of sp³-hybridized carbons (Fsp3) is 0.244. The highest BCUT2D eigenvalue weighted by molar-refractivity contribution is 6.13. The molecule has 7 aromatic rings. The minimum atomic E-state index is 0.179. The van der Waals surface area contributed by atoms with Gasteiger partial charge in [-0.2, -0.15) is 0 Å². The fourth-order valence-corrected chi connectivity index (χ4v) is 8.78. The minimum absolute atomic E-state index is 0.179. The Bertz CT molecular complexity index is 2390. The molecule has 2 aliphatic rings. The highest BCUT2D eigenvalue weighted by Gasteiger charge is 2.41. The van der Waals surface area contributed by atoms with Crippen LogP contribution in [0.3, 0.4) is 0 Å². The molecule has 47 heavy (non-hydrogen) atoms. The first-order chi connectivity index (χ1) is 22.7. The number of aromatic nitrogens is 2. The average Bonchev–Trinajstić information content (AvgIpc) is 3.61. The van der Waals surface area contributed by atoms with Crippen molar-refractivity contribution < 1.29 is 0 Å². The second kappa shape index (κ2) is 10.1. The predicted octanol–water partition coefficient (Wildman–Crippen LogP) is 12.2. The lowest BCUT2D eigenvalue weighted by molar-refractivity contribution is 0.233. The number of para-hydroxylation sites is 1. The first-order valence-corrected chi connectivity index (χ1v) is 17.3. The molecular weight excluding hydrogens is 569 g/mol. The molecule has 2 aromatic heterocycles. The first-order valence-electron chi connectivity index (χ1n) is 17.3. The maximum atomic E-state index is 3.68. The van der Waals surface area contributed by atoms with Crippen LogP contribution in [0.15, 0.2) is 109 Å². The third-order valence-corrected chi connectivity index (χ3v) is 11.7. The van der Waals surface area contributed by atoms with Gasteiger partial charge in [0, 0.05) is 44.1 Å². The van der Waals surface area contributed by atoms with Gasteiger partial charge in [-0.25, -0.2) is 0 Å². The molecule has 0 radical (unpaired) electrons. The Morgan fingerprint density at radius 1 is 0.660 bits per heavy atom. The highest BCUT2D eigenvalue weighted by atomic mass is 15.0. The van der Waals surface area contributed by atoms with Crippen LogP contribution in [0.5, 0.6) is 0 Å². The number of allylic oxidation sites excluding steroid dienone is 1. The van der Waals surface area contributed by atoms with Crippen molar-refractivity contribution in [1.29, 1.82) is 0 Å². The third-order valence-electron chi connectivity index (χ3n) is 11.7. The van der Waals surface area contributed by atoms with E-state index in [-0.39, 0.29) is 10.8 Å². The van der Waals surface area contributed by atoms with Gasteiger partial charge in [0.1, 0.15) is 0 Å². The number of hydrogen-bond acceptors (Lipinski definition) is 0. The molecule has 0 saturated heterocycles. The Kier molecular flexibility index (Phi) is 6.10. The number of hydrogen-bond donors (Lipinski definition) is 1. The summed E-state index contributed by atoms with van der Waals surface area (Å²) in [6.07, 6.45) is 8.00. The third kappa shape index (κ3) is 4.30. The molecule has 232 valence electrons. The van der Waals surface area contributed by atoms with Crippen LogP contribution in [0.1, 0.15) is 69.8 Å². The minimum Gasteiger partial charge on any atom is -0.354 e. The molecule has 2 heteroatoms. The van der Waals surface area contributed by atoms with Gasteiger partial charge in [-0.05, 0) is 99.7 Å². The molecule has 9 rings (SSSR count). The van der Waals surface area contributed by atoms with Gasteiger partial charge in [0.25, 0.3) is 0 Å². The predicted molar refractivity (Wildman–Crippen MR) is 201 cm³/mol. The summed E-state index contributed by atoms with van der Waals surface area (Å²) in [7, 11) is 0. The zero-order valence-corrected chi connectivity index (χ0v) is 28.1. The van der Waals surface area contributed by atoms with Gasteiger partial charge in [0.2, 0.25) is 0 Å². The molecule has 0 spiro atoms. The van der Waals surface area contributed by atoms with E-state index in [2.05, 4.69) is 159 Å². The van der Waals surface area contributed by atoms with Crippen molar-refractivity contribution in [3.05, 3.63) is 132 Å². The fourth-order valence-electron chi connectivity index (χ4n) is 8.78. The summed E-state index contributed by atoms with van der Waals surface area (Å²) < 4.78 is 2.51. The van der Waals surface area contributed by atoms with E-state index in [4.69, 9.17) is 0 Å². The summed E-state index contributed by atoms with van der Waals surface area (Å²) in [5.41, 5.74) is 16.1. The van der Waals surface area contributed by atoms with Crippen molar-refractivity contribution in [3.8, 4) is 27.9 Å². The molecule has 1 atom stereocenters. The van der Waals surface area contributed by atoms with E-state index in [1.54, 1.807) is 0 Å². The zero-order chi connectivity index (χ0) is 32.1. The number of rotatable bonds is 3. The molecule has 0 fully saturated rings. The SMILES string of the molecule is CC1CC(C)(C)c2cc(-c3ccc(-c4cccc(-n5c6c(c7cc8c(cc75)[nH]c5ccccc58)C=CCC6)c4)cc3)ccc2C1(C)C. The largest absolute Gasteiger partial charge is 0.354 e. The van der Waals surface area contributed by atoms with E-state index < -0.39 is 0 Å². The quantitative estimate of drug-likeness (QED) is 0.205. The molecule has 5 aromatic carbocycles. The highest BCUT2D eigenvalue weighted by Crippen LogP contribution is 2.50. The summed E-state index contributed by atoms with van der Waals surface area (Å²) in [6.45, 7) is 12.1. The van der Waals surface area contributed by atoms with Gasteiger partial charge >= 0.3 is 0 Å². The van der Waals surface area contributed by atoms with E-state index in [0.29, 0.717) is 5.92 Å². The van der Waals surface area contributed by atoms with Crippen LogP contribution >= 0.6 is 0 Å². The van der Waals surface area contributed by atoms with Gasteiger partial charge < -0.3 is 9.55 Å². The first kappa shape index (κ1) is 28.4. The van der Waals surface area contributed by atoms with Crippen molar-refractivity contribution in [2.75, 3.05) is 0 Å². The molecule has 0 amide bonds. The molecule has 0 aliphatic heterocycles. The van der Waals surface area contributed by atoms with Crippen LogP contribution in [0.25, 0.3) is 66.7 Å². The van der Waals surface area contributed by atoms with E-state index in [0.717, 1.165) is 12.8 Å². The van der Waals surface area contributed by atoms with Crippen molar-refractivity contribution >= 4 is 38.8 Å². The number of aromatic amines is 1. The standard InChI is InChI=1S/C45H42N2/c1-28-27-44(2,3)39-24-32(21-22-38(39)45(28,4)5)30-19-17-29(18-20-30)31-11-10-12-33(23-31)47-42-16-9-7-14-35(42)37-25-36-34-13-6-8-15-40(34)46-41(36)26-43(37)47/h6-8,10-15,17-26,28,46H,9,16,27H2,1-5H3. The van der Waals surface area contributed by atoms with E-state index in [1.807, 2.05) is 0 Å². The lowest BCUT2D eigenvalue weighted by Gasteiger charge is -2.46. The van der Waals surface area contributed by atoms with Gasteiger partial charge in [-0.1, -0.05) is 120 Å². The van der Waals surface area contributed by atoms with Crippen LogP contribution in [0, 0.1) is 5.92 Å². The van der Waals surface area contributed by atoms with E-state index >= 15 is 0 Å². The molecule has 2 heterocycles. The summed E-state index contributed by atoms with van der Waals surface area (Å²) in [5.74, 6) is 0.659. The van der Waals surface area contributed by atoms with Gasteiger partial charge in [-0.3, -0.25) is 0 Å². The maximum absolute atomic E-state index is 3.68. The Labute approximate surface area is 277 Å². The summed E-state index contributed by atoms with van der Waals surface area (Å²) in [4.78, 5) is 3.68. The van der Waals surface area contributed by atoms with Gasteiger partial charge in [0.15, 0.2) is 0 Å².